The number of carboxylic acids is 1. The van der Waals surface area contributed by atoms with E-state index in [1.54, 1.807) is 11.0 Å². The van der Waals surface area contributed by atoms with Gasteiger partial charge in [0.25, 0.3) is 0 Å². The number of aromatic carboxylic acids is 1. The summed E-state index contributed by atoms with van der Waals surface area (Å²) in [5.41, 5.74) is 0.246. The van der Waals surface area contributed by atoms with Crippen LogP contribution in [0.2, 0.25) is 0 Å². The number of hydrogen-bond donors (Lipinski definition) is 2. The molecule has 1 aromatic rings. The lowest BCUT2D eigenvalue weighted by Gasteiger charge is -2.39. The van der Waals surface area contributed by atoms with Crippen molar-refractivity contribution in [2.45, 2.75) is 123 Å². The van der Waals surface area contributed by atoms with Gasteiger partial charge >= 0.3 is 12.1 Å². The summed E-state index contributed by atoms with van der Waals surface area (Å²) in [4.78, 5) is 41.9. The Morgan fingerprint density at radius 2 is 1.76 bits per heavy atom. The molecule has 3 atom stereocenters. The molecule has 4 aliphatic rings. The van der Waals surface area contributed by atoms with Crippen LogP contribution in [0.5, 0.6) is 0 Å². The second kappa shape index (κ2) is 13.0. The Hall–Kier alpha value is -2.57. The Kier molecular flexibility index (Phi) is 9.53. The first-order chi connectivity index (χ1) is 20.0. The van der Waals surface area contributed by atoms with E-state index in [4.69, 9.17) is 9.47 Å². The molecule has 1 aromatic heterocycles. The van der Waals surface area contributed by atoms with Crippen molar-refractivity contribution >= 4 is 35.0 Å². The smallest absolute Gasteiger partial charge is 0.407 e. The number of rotatable bonds is 6. The molecular weight excluding hydrogens is 552 g/mol. The number of anilines is 1. The summed E-state index contributed by atoms with van der Waals surface area (Å²) in [5, 5.41) is 13.2. The second-order valence-electron chi connectivity index (χ2n) is 13.9. The van der Waals surface area contributed by atoms with E-state index in [0.29, 0.717) is 54.7 Å². The Morgan fingerprint density at radius 3 is 2.43 bits per heavy atom. The van der Waals surface area contributed by atoms with Gasteiger partial charge in [0.15, 0.2) is 0 Å². The largest absolute Gasteiger partial charge is 0.477 e. The van der Waals surface area contributed by atoms with Crippen molar-refractivity contribution in [2.75, 3.05) is 11.5 Å². The van der Waals surface area contributed by atoms with Crippen LogP contribution in [0.25, 0.3) is 0 Å². The molecule has 42 heavy (non-hydrogen) atoms. The van der Waals surface area contributed by atoms with Crippen molar-refractivity contribution in [1.82, 2.24) is 5.32 Å². The van der Waals surface area contributed by atoms with Crippen LogP contribution in [0, 0.1) is 35.0 Å². The highest BCUT2D eigenvalue weighted by Crippen LogP contribution is 2.40. The van der Waals surface area contributed by atoms with Gasteiger partial charge in [-0.25, -0.2) is 9.59 Å². The second-order valence-corrected chi connectivity index (χ2v) is 14.9. The lowest BCUT2D eigenvalue weighted by Crippen LogP contribution is -2.49. The number of carboxylic acid groups (broad SMARTS) is 1. The maximum atomic E-state index is 14.1. The molecule has 9 heteroatoms. The van der Waals surface area contributed by atoms with Gasteiger partial charge in [0, 0.05) is 29.3 Å². The molecule has 3 aliphatic carbocycles. The predicted molar refractivity (Wildman–Crippen MR) is 163 cm³/mol. The van der Waals surface area contributed by atoms with Gasteiger partial charge in [0.2, 0.25) is 5.91 Å². The molecular formula is C33H46N2O6S. The highest BCUT2D eigenvalue weighted by molar-refractivity contribution is 7.15. The van der Waals surface area contributed by atoms with Crippen LogP contribution < -0.4 is 10.2 Å². The summed E-state index contributed by atoms with van der Waals surface area (Å²) >= 11 is 1.14. The van der Waals surface area contributed by atoms with E-state index in [1.807, 2.05) is 20.8 Å². The van der Waals surface area contributed by atoms with Gasteiger partial charge in [0.05, 0.1) is 23.3 Å². The van der Waals surface area contributed by atoms with Crippen molar-refractivity contribution < 1.29 is 29.0 Å². The summed E-state index contributed by atoms with van der Waals surface area (Å²) in [7, 11) is 0. The van der Waals surface area contributed by atoms with Crippen LogP contribution in [0.1, 0.15) is 113 Å². The molecule has 2 amide bonds. The van der Waals surface area contributed by atoms with E-state index in [9.17, 15) is 19.5 Å². The maximum absolute atomic E-state index is 14.1. The molecule has 0 aromatic carbocycles. The number of alkyl carbamates (subject to hydrolysis) is 1. The summed E-state index contributed by atoms with van der Waals surface area (Å²) in [5.74, 6) is 6.15. The van der Waals surface area contributed by atoms with Crippen LogP contribution in [0.4, 0.5) is 10.5 Å². The first kappa shape index (κ1) is 30.9. The van der Waals surface area contributed by atoms with E-state index in [2.05, 4.69) is 24.1 Å². The Bertz CT molecular complexity index is 1210. The van der Waals surface area contributed by atoms with Crippen LogP contribution in [-0.4, -0.2) is 54.0 Å². The third kappa shape index (κ3) is 7.31. The van der Waals surface area contributed by atoms with Crippen molar-refractivity contribution in [1.29, 1.82) is 0 Å². The lowest BCUT2D eigenvalue weighted by molar-refractivity contribution is -0.124. The molecule has 5 rings (SSSR count). The van der Waals surface area contributed by atoms with Gasteiger partial charge in [-0.3, -0.25) is 4.79 Å². The molecule has 3 saturated carbocycles. The molecule has 0 spiro atoms. The van der Waals surface area contributed by atoms with Crippen LogP contribution >= 0.6 is 11.3 Å². The zero-order chi connectivity index (χ0) is 30.0. The van der Waals surface area contributed by atoms with Crippen LogP contribution in [0.3, 0.4) is 0 Å². The highest BCUT2D eigenvalue weighted by atomic mass is 32.1. The molecule has 2 N–H and O–H groups in total. The van der Waals surface area contributed by atoms with Crippen LogP contribution in [-0.2, 0) is 14.3 Å². The number of carbonyl (C=O) groups is 3. The average molecular weight is 599 g/mol. The van der Waals surface area contributed by atoms with Crippen molar-refractivity contribution in [3.63, 3.8) is 0 Å². The fraction of sp³-hybridized carbons (Fsp3) is 0.727. The average Bonchev–Trinajstić information content (AvgIpc) is 3.66. The third-order valence-electron chi connectivity index (χ3n) is 9.43. The number of amides is 2. The van der Waals surface area contributed by atoms with E-state index >= 15 is 0 Å². The monoisotopic (exact) mass is 598 g/mol. The van der Waals surface area contributed by atoms with Crippen molar-refractivity contribution in [3.05, 3.63) is 15.8 Å². The Labute approximate surface area is 253 Å². The minimum Gasteiger partial charge on any atom is -0.477 e. The quantitative estimate of drug-likeness (QED) is 0.357. The number of nitrogens with zero attached hydrogens (tertiary/aromatic N) is 1. The standard InChI is InChI=1S/C33H46N2O6S/c1-20-8-10-21(11-9-20)30(36)35(26-18-24(16-17-33(2,3)4)42-29(26)31(37)38)23-14-12-22(13-15-23)34-32(39)41-28-19-40-27-7-5-6-25(27)28/h18,20-23,25,27-28H,5-15,19H2,1-4H3,(H,34,39)(H,37,38)/t20-,21-,22-,23+,25-,27+,28+/m1/s1. The number of hydrogen-bond acceptors (Lipinski definition) is 6. The SMILES string of the molecule is CC(C)(C)C#Cc1cc(N(C(=O)[C@H]2CC[C@H](C)CC2)[C@H]2CC[C@@H](NC(=O)O[C@H]3CO[C@H]4CCC[C@H]43)CC2)c(C(=O)O)s1. The summed E-state index contributed by atoms with van der Waals surface area (Å²) in [6, 6.07) is 1.62. The van der Waals surface area contributed by atoms with Crippen molar-refractivity contribution in [2.24, 2.45) is 23.2 Å². The minimum absolute atomic E-state index is 0.0284. The Balaban J connectivity index is 1.30. The first-order valence-electron chi connectivity index (χ1n) is 15.8. The number of ether oxygens (including phenoxy) is 2. The molecule has 0 radical (unpaired) electrons. The predicted octanol–water partition coefficient (Wildman–Crippen LogP) is 6.61. The van der Waals surface area contributed by atoms with Gasteiger partial charge in [-0.15, -0.1) is 11.3 Å². The summed E-state index contributed by atoms with van der Waals surface area (Å²) in [6.07, 6.45) is 9.28. The topological polar surface area (TPSA) is 105 Å². The van der Waals surface area contributed by atoms with E-state index in [1.165, 1.54) is 0 Å². The van der Waals surface area contributed by atoms with Gasteiger partial charge in [0.1, 0.15) is 11.0 Å². The molecule has 1 saturated heterocycles. The third-order valence-corrected chi connectivity index (χ3v) is 10.5. The number of nitrogens with one attached hydrogen (secondary N) is 1. The Morgan fingerprint density at radius 1 is 1.05 bits per heavy atom. The van der Waals surface area contributed by atoms with E-state index in [-0.39, 0.29) is 46.4 Å². The first-order valence-corrected chi connectivity index (χ1v) is 16.6. The highest BCUT2D eigenvalue weighted by Gasteiger charge is 2.43. The summed E-state index contributed by atoms with van der Waals surface area (Å²) in [6.45, 7) is 8.75. The molecule has 2 heterocycles. The molecule has 0 bridgehead atoms. The maximum Gasteiger partial charge on any atom is 0.407 e. The zero-order valence-corrected chi connectivity index (χ0v) is 26.3. The molecule has 1 aliphatic heterocycles. The van der Waals surface area contributed by atoms with E-state index in [0.717, 1.165) is 56.3 Å². The lowest BCUT2D eigenvalue weighted by atomic mass is 9.81. The normalized spacial score (nSPS) is 31.0. The van der Waals surface area contributed by atoms with Crippen LogP contribution in [0.15, 0.2) is 6.07 Å². The zero-order valence-electron chi connectivity index (χ0n) is 25.4. The molecule has 0 unspecified atom stereocenters. The number of thiophene rings is 1. The molecule has 4 fully saturated rings. The fourth-order valence-electron chi connectivity index (χ4n) is 7.09. The fourth-order valence-corrected chi connectivity index (χ4v) is 7.93. The van der Waals surface area contributed by atoms with Gasteiger partial charge < -0.3 is 24.8 Å². The van der Waals surface area contributed by atoms with Gasteiger partial charge in [-0.1, -0.05) is 25.2 Å². The molecule has 230 valence electrons. The van der Waals surface area contributed by atoms with Crippen molar-refractivity contribution in [3.8, 4) is 11.8 Å². The van der Waals surface area contributed by atoms with Gasteiger partial charge in [-0.2, -0.15) is 0 Å². The van der Waals surface area contributed by atoms with Gasteiger partial charge in [-0.05, 0) is 97.0 Å². The summed E-state index contributed by atoms with van der Waals surface area (Å²) < 4.78 is 11.6. The minimum atomic E-state index is -1.03. The number of carbonyl (C=O) groups excluding carboxylic acids is 2. The molecule has 8 nitrogen and oxygen atoms in total. The number of fused-ring (bicyclic) bond motifs is 1. The van der Waals surface area contributed by atoms with E-state index < -0.39 is 12.1 Å².